The smallest absolute Gasteiger partial charge is 0.195 e. The third-order valence-corrected chi connectivity index (χ3v) is 3.64. The van der Waals surface area contributed by atoms with Crippen LogP contribution in [0.15, 0.2) is 53.3 Å². The molecular formula is C15H14OS. The summed E-state index contributed by atoms with van der Waals surface area (Å²) in [5.41, 5.74) is 0.139. The van der Waals surface area contributed by atoms with Crippen molar-refractivity contribution in [2.45, 2.75) is 13.8 Å². The molecule has 0 atom stereocenters. The van der Waals surface area contributed by atoms with Gasteiger partial charge in [-0.2, -0.15) is 0 Å². The molecule has 86 valence electrons. The summed E-state index contributed by atoms with van der Waals surface area (Å²) in [6, 6.07) is 15.5. The maximum atomic E-state index is 12.1. The third-order valence-electron chi connectivity index (χ3n) is 2.48. The molecule has 1 aromatic heterocycles. The molecule has 0 unspecified atom stereocenters. The van der Waals surface area contributed by atoms with Gasteiger partial charge >= 0.3 is 0 Å². The van der Waals surface area contributed by atoms with Gasteiger partial charge in [-0.05, 0) is 24.3 Å². The SMILES string of the molecule is CC.O=c1c2ccccc2sc2ccccc12. The molecule has 0 fully saturated rings. The lowest BCUT2D eigenvalue weighted by Gasteiger charge is -1.99. The van der Waals surface area contributed by atoms with Gasteiger partial charge in [0.05, 0.1) is 0 Å². The fourth-order valence-electron chi connectivity index (χ4n) is 1.75. The Morgan fingerprint density at radius 2 is 1.18 bits per heavy atom. The first-order valence-electron chi connectivity index (χ1n) is 5.77. The molecule has 2 aromatic carbocycles. The minimum Gasteiger partial charge on any atom is -0.289 e. The molecule has 0 N–H and O–H groups in total. The Balaban J connectivity index is 0.000000514. The molecule has 0 bridgehead atoms. The van der Waals surface area contributed by atoms with Crippen molar-refractivity contribution >= 4 is 31.5 Å². The van der Waals surface area contributed by atoms with Gasteiger partial charge in [0.2, 0.25) is 0 Å². The summed E-state index contributed by atoms with van der Waals surface area (Å²) in [4.78, 5) is 12.1. The molecule has 0 aliphatic heterocycles. The zero-order valence-electron chi connectivity index (χ0n) is 9.94. The fraction of sp³-hybridized carbons (Fsp3) is 0.133. The molecule has 3 aromatic rings. The summed E-state index contributed by atoms with van der Waals surface area (Å²) in [5, 5.41) is 1.64. The number of benzene rings is 2. The Labute approximate surface area is 104 Å². The van der Waals surface area contributed by atoms with Crippen LogP contribution in [-0.4, -0.2) is 0 Å². The van der Waals surface area contributed by atoms with Crippen LogP contribution in [0, 0.1) is 0 Å². The highest BCUT2D eigenvalue weighted by Crippen LogP contribution is 2.23. The molecule has 2 heteroatoms. The predicted molar refractivity (Wildman–Crippen MR) is 76.9 cm³/mol. The van der Waals surface area contributed by atoms with Crippen LogP contribution in [0.5, 0.6) is 0 Å². The van der Waals surface area contributed by atoms with Crippen LogP contribution >= 0.6 is 11.3 Å². The zero-order valence-corrected chi connectivity index (χ0v) is 10.8. The monoisotopic (exact) mass is 242 g/mol. The maximum absolute atomic E-state index is 12.1. The topological polar surface area (TPSA) is 17.1 Å². The molecule has 0 aliphatic rings. The van der Waals surface area contributed by atoms with Crippen molar-refractivity contribution in [3.8, 4) is 0 Å². The third kappa shape index (κ3) is 2.08. The van der Waals surface area contributed by atoms with Crippen LogP contribution in [0.2, 0.25) is 0 Å². The normalized spacial score (nSPS) is 10.0. The van der Waals surface area contributed by atoms with Gasteiger partial charge in [0, 0.05) is 20.2 Å². The van der Waals surface area contributed by atoms with E-state index in [0.29, 0.717) is 0 Å². The van der Waals surface area contributed by atoms with E-state index in [1.165, 1.54) is 0 Å². The highest BCUT2D eigenvalue weighted by Gasteiger charge is 2.03. The summed E-state index contributed by atoms with van der Waals surface area (Å²) in [6.45, 7) is 4.00. The van der Waals surface area contributed by atoms with Crippen LogP contribution in [-0.2, 0) is 0 Å². The average Bonchev–Trinajstić information content (AvgIpc) is 2.41. The molecule has 0 radical (unpaired) electrons. The fourth-order valence-corrected chi connectivity index (χ4v) is 2.82. The second kappa shape index (κ2) is 5.11. The highest BCUT2D eigenvalue weighted by atomic mass is 32.1. The van der Waals surface area contributed by atoms with Gasteiger partial charge in [-0.25, -0.2) is 0 Å². The van der Waals surface area contributed by atoms with E-state index in [4.69, 9.17) is 0 Å². The van der Waals surface area contributed by atoms with Crippen LogP contribution in [0.3, 0.4) is 0 Å². The van der Waals surface area contributed by atoms with Crippen LogP contribution in [0.1, 0.15) is 13.8 Å². The molecule has 3 rings (SSSR count). The van der Waals surface area contributed by atoms with Gasteiger partial charge in [0.1, 0.15) is 0 Å². The largest absolute Gasteiger partial charge is 0.289 e. The molecule has 0 spiro atoms. The lowest BCUT2D eigenvalue weighted by atomic mass is 10.2. The first-order valence-corrected chi connectivity index (χ1v) is 6.58. The van der Waals surface area contributed by atoms with E-state index in [0.717, 1.165) is 20.2 Å². The minimum atomic E-state index is 0.139. The quantitative estimate of drug-likeness (QED) is 0.533. The Morgan fingerprint density at radius 1 is 0.765 bits per heavy atom. The molecule has 0 aliphatic carbocycles. The van der Waals surface area contributed by atoms with Gasteiger partial charge in [0.25, 0.3) is 0 Å². The van der Waals surface area contributed by atoms with E-state index in [2.05, 4.69) is 0 Å². The second-order valence-electron chi connectivity index (χ2n) is 3.42. The molecular weight excluding hydrogens is 228 g/mol. The standard InChI is InChI=1S/C13H8OS.C2H6/c14-13-9-5-1-3-7-11(9)15-12-8-4-2-6-10(12)13;1-2/h1-8H;1-2H3. The van der Waals surface area contributed by atoms with Gasteiger partial charge in [-0.15, -0.1) is 11.3 Å². The molecule has 1 heterocycles. The number of hydrogen-bond donors (Lipinski definition) is 0. The van der Waals surface area contributed by atoms with Crippen molar-refractivity contribution in [3.05, 3.63) is 58.8 Å². The van der Waals surface area contributed by atoms with Crippen molar-refractivity contribution in [3.63, 3.8) is 0 Å². The van der Waals surface area contributed by atoms with E-state index in [1.54, 1.807) is 11.3 Å². The van der Waals surface area contributed by atoms with Crippen molar-refractivity contribution in [1.82, 2.24) is 0 Å². The van der Waals surface area contributed by atoms with Gasteiger partial charge in [0.15, 0.2) is 5.43 Å². The summed E-state index contributed by atoms with van der Waals surface area (Å²) in [7, 11) is 0. The van der Waals surface area contributed by atoms with Crippen molar-refractivity contribution in [2.24, 2.45) is 0 Å². The molecule has 1 nitrogen and oxygen atoms in total. The van der Waals surface area contributed by atoms with E-state index < -0.39 is 0 Å². The van der Waals surface area contributed by atoms with Crippen molar-refractivity contribution in [2.75, 3.05) is 0 Å². The van der Waals surface area contributed by atoms with E-state index >= 15 is 0 Å². The first-order chi connectivity index (χ1) is 8.36. The summed E-state index contributed by atoms with van der Waals surface area (Å²) in [5.74, 6) is 0. The van der Waals surface area contributed by atoms with Crippen molar-refractivity contribution in [1.29, 1.82) is 0 Å². The Bertz CT molecular complexity index is 641. The number of fused-ring (bicyclic) bond motifs is 2. The summed E-state index contributed by atoms with van der Waals surface area (Å²) >= 11 is 1.67. The van der Waals surface area contributed by atoms with Crippen LogP contribution in [0.25, 0.3) is 20.2 Å². The van der Waals surface area contributed by atoms with Gasteiger partial charge in [-0.1, -0.05) is 38.1 Å². The Morgan fingerprint density at radius 3 is 1.65 bits per heavy atom. The minimum absolute atomic E-state index is 0.139. The summed E-state index contributed by atoms with van der Waals surface area (Å²) in [6.07, 6.45) is 0. The number of hydrogen-bond acceptors (Lipinski definition) is 2. The lowest BCUT2D eigenvalue weighted by Crippen LogP contribution is -1.99. The van der Waals surface area contributed by atoms with Crippen molar-refractivity contribution < 1.29 is 0 Å². The maximum Gasteiger partial charge on any atom is 0.195 e. The Hall–Kier alpha value is -1.67. The molecule has 0 saturated carbocycles. The first kappa shape index (κ1) is 11.8. The van der Waals surface area contributed by atoms with Crippen LogP contribution in [0.4, 0.5) is 0 Å². The summed E-state index contributed by atoms with van der Waals surface area (Å²) < 4.78 is 2.11. The zero-order chi connectivity index (χ0) is 12.3. The average molecular weight is 242 g/mol. The molecule has 0 saturated heterocycles. The van der Waals surface area contributed by atoms with E-state index in [9.17, 15) is 4.79 Å². The predicted octanol–water partition coefficient (Wildman–Crippen LogP) is 4.44. The van der Waals surface area contributed by atoms with Gasteiger partial charge < -0.3 is 0 Å². The lowest BCUT2D eigenvalue weighted by molar-refractivity contribution is 1.50. The molecule has 0 amide bonds. The van der Waals surface area contributed by atoms with E-state index in [1.807, 2.05) is 62.4 Å². The number of rotatable bonds is 0. The highest BCUT2D eigenvalue weighted by molar-refractivity contribution is 7.24. The second-order valence-corrected chi connectivity index (χ2v) is 4.51. The van der Waals surface area contributed by atoms with Crippen LogP contribution < -0.4 is 5.43 Å². The Kier molecular flexibility index (Phi) is 3.55. The molecule has 17 heavy (non-hydrogen) atoms. The van der Waals surface area contributed by atoms with E-state index in [-0.39, 0.29) is 5.43 Å². The van der Waals surface area contributed by atoms with Gasteiger partial charge in [-0.3, -0.25) is 4.79 Å².